The van der Waals surface area contributed by atoms with Crippen LogP contribution in [-0.2, 0) is 16.1 Å². The van der Waals surface area contributed by atoms with Crippen LogP contribution in [0.4, 0.5) is 5.69 Å². The number of hydrogen-bond acceptors (Lipinski definition) is 6. The highest BCUT2D eigenvalue weighted by atomic mass is 32.2. The summed E-state index contributed by atoms with van der Waals surface area (Å²) in [5.74, 6) is 0.652. The first-order valence-electron chi connectivity index (χ1n) is 9.10. The first-order valence-corrected chi connectivity index (χ1v) is 10.9. The molecule has 1 heterocycles. The number of carbonyl (C=O) groups excluding carboxylic acids is 1. The monoisotopic (exact) mass is 431 g/mol. The van der Waals surface area contributed by atoms with Crippen molar-refractivity contribution >= 4 is 44.9 Å². The minimum absolute atomic E-state index is 0.0114. The molecule has 0 aliphatic heterocycles. The number of nitro groups is 1. The van der Waals surface area contributed by atoms with E-state index >= 15 is 0 Å². The minimum atomic E-state index is -0.426. The van der Waals surface area contributed by atoms with E-state index < -0.39 is 4.92 Å². The largest absolute Gasteiger partial charge is 0.383 e. The predicted octanol–water partition coefficient (Wildman–Crippen LogP) is 4.26. The number of aromatic nitrogens is 1. The zero-order valence-electron chi connectivity index (χ0n) is 15.9. The highest BCUT2D eigenvalue weighted by molar-refractivity contribution is 7.99. The van der Waals surface area contributed by atoms with E-state index in [2.05, 4.69) is 4.99 Å². The molecule has 0 spiro atoms. The number of amides is 1. The van der Waals surface area contributed by atoms with Crippen LogP contribution in [0.1, 0.15) is 12.8 Å². The lowest BCUT2D eigenvalue weighted by Crippen LogP contribution is -2.19. The zero-order chi connectivity index (χ0) is 20.6. The number of nitro benzene ring substituents is 1. The molecule has 9 heteroatoms. The van der Waals surface area contributed by atoms with E-state index in [9.17, 15) is 14.9 Å². The molecule has 0 radical (unpaired) electrons. The van der Waals surface area contributed by atoms with Crippen LogP contribution in [0.3, 0.4) is 0 Å². The molecule has 1 amide bonds. The highest BCUT2D eigenvalue weighted by Gasteiger charge is 2.13. The predicted molar refractivity (Wildman–Crippen MR) is 115 cm³/mol. The number of nitrogens with zero attached hydrogens (tertiary/aromatic N) is 3. The molecule has 3 aromatic rings. The van der Waals surface area contributed by atoms with Crippen molar-refractivity contribution in [3.05, 3.63) is 63.4 Å². The molecule has 0 saturated heterocycles. The summed E-state index contributed by atoms with van der Waals surface area (Å²) in [7, 11) is 1.59. The van der Waals surface area contributed by atoms with Crippen LogP contribution in [0.5, 0.6) is 0 Å². The topological polar surface area (TPSA) is 86.7 Å². The molecule has 0 saturated carbocycles. The van der Waals surface area contributed by atoms with Crippen LogP contribution >= 0.6 is 23.1 Å². The second-order valence-corrected chi connectivity index (χ2v) is 8.39. The first kappa shape index (κ1) is 21.2. The van der Waals surface area contributed by atoms with Gasteiger partial charge in [0.2, 0.25) is 5.91 Å². The molecule has 29 heavy (non-hydrogen) atoms. The van der Waals surface area contributed by atoms with E-state index in [4.69, 9.17) is 4.74 Å². The molecular formula is C20H21N3O4S2. The van der Waals surface area contributed by atoms with Gasteiger partial charge in [-0.15, -0.1) is 11.8 Å². The van der Waals surface area contributed by atoms with Crippen LogP contribution in [-0.4, -0.2) is 34.9 Å². The van der Waals surface area contributed by atoms with Crippen LogP contribution in [0.15, 0.2) is 58.4 Å². The number of hydrogen-bond donors (Lipinski definition) is 0. The van der Waals surface area contributed by atoms with Gasteiger partial charge in [-0.1, -0.05) is 29.5 Å². The van der Waals surface area contributed by atoms with Crippen LogP contribution in [0, 0.1) is 10.1 Å². The summed E-state index contributed by atoms with van der Waals surface area (Å²) in [4.78, 5) is 29.0. The third-order valence-electron chi connectivity index (χ3n) is 4.16. The van der Waals surface area contributed by atoms with Crippen molar-refractivity contribution in [3.8, 4) is 0 Å². The number of fused-ring (bicyclic) bond motifs is 1. The fourth-order valence-corrected chi connectivity index (χ4v) is 4.68. The van der Waals surface area contributed by atoms with E-state index in [0.717, 1.165) is 16.9 Å². The molecule has 7 nitrogen and oxygen atoms in total. The van der Waals surface area contributed by atoms with Crippen molar-refractivity contribution in [1.82, 2.24) is 4.57 Å². The Morgan fingerprint density at radius 1 is 1.28 bits per heavy atom. The number of thioether (sulfide) groups is 1. The summed E-state index contributed by atoms with van der Waals surface area (Å²) in [6.07, 6.45) is 1.09. The van der Waals surface area contributed by atoms with Crippen molar-refractivity contribution in [2.75, 3.05) is 19.5 Å². The van der Waals surface area contributed by atoms with Crippen molar-refractivity contribution < 1.29 is 14.5 Å². The van der Waals surface area contributed by atoms with Gasteiger partial charge in [0.25, 0.3) is 5.69 Å². The molecule has 0 aliphatic rings. The maximum absolute atomic E-state index is 12.4. The second kappa shape index (κ2) is 10.3. The fraction of sp³-hybridized carbons (Fsp3) is 0.300. The van der Waals surface area contributed by atoms with Gasteiger partial charge in [0.15, 0.2) is 4.80 Å². The second-order valence-electron chi connectivity index (χ2n) is 6.21. The minimum Gasteiger partial charge on any atom is -0.383 e. The lowest BCUT2D eigenvalue weighted by molar-refractivity contribution is -0.384. The standard InChI is InChI=1S/C20H21N3O4S2/c1-27-12-11-22-17-14-15(23(25)26)9-10-18(17)29-20(22)21-19(24)8-5-13-28-16-6-3-2-4-7-16/h2-4,6-7,9-10,14H,5,8,11-13H2,1H3. The highest BCUT2D eigenvalue weighted by Crippen LogP contribution is 2.23. The molecule has 0 atom stereocenters. The van der Waals surface area contributed by atoms with Gasteiger partial charge in [-0.2, -0.15) is 4.99 Å². The Morgan fingerprint density at radius 2 is 2.07 bits per heavy atom. The first-order chi connectivity index (χ1) is 14.1. The van der Waals surface area contributed by atoms with Gasteiger partial charge >= 0.3 is 0 Å². The smallest absolute Gasteiger partial charge is 0.271 e. The number of ether oxygens (including phenoxy) is 1. The molecule has 0 unspecified atom stereocenters. The number of thiazole rings is 1. The third-order valence-corrected chi connectivity index (χ3v) is 6.32. The summed E-state index contributed by atoms with van der Waals surface area (Å²) in [5, 5.41) is 11.1. The Labute approximate surface area is 176 Å². The lowest BCUT2D eigenvalue weighted by Gasteiger charge is -2.04. The van der Waals surface area contributed by atoms with Crippen LogP contribution in [0.2, 0.25) is 0 Å². The Balaban J connectivity index is 1.74. The van der Waals surface area contributed by atoms with Crippen molar-refractivity contribution in [1.29, 1.82) is 0 Å². The average Bonchev–Trinajstić information content (AvgIpc) is 3.06. The van der Waals surface area contributed by atoms with Gasteiger partial charge in [-0.05, 0) is 30.4 Å². The molecule has 1 aromatic heterocycles. The van der Waals surface area contributed by atoms with Crippen molar-refractivity contribution in [3.63, 3.8) is 0 Å². The van der Waals surface area contributed by atoms with Gasteiger partial charge in [-0.25, -0.2) is 0 Å². The van der Waals surface area contributed by atoms with Gasteiger partial charge in [0.1, 0.15) is 0 Å². The SMILES string of the molecule is COCCn1c(=NC(=O)CCCSc2ccccc2)sc2ccc([N+](=O)[O-])cc21. The Kier molecular flexibility index (Phi) is 7.56. The molecule has 152 valence electrons. The summed E-state index contributed by atoms with van der Waals surface area (Å²) in [6, 6.07) is 14.7. The summed E-state index contributed by atoms with van der Waals surface area (Å²) < 4.78 is 7.80. The number of benzene rings is 2. The molecule has 2 aromatic carbocycles. The van der Waals surface area contributed by atoms with Crippen molar-refractivity contribution in [2.45, 2.75) is 24.3 Å². The fourth-order valence-electron chi connectivity index (χ4n) is 2.75. The van der Waals surface area contributed by atoms with Crippen LogP contribution in [0.25, 0.3) is 10.2 Å². The van der Waals surface area contributed by atoms with Gasteiger partial charge in [0.05, 0.1) is 21.7 Å². The van der Waals surface area contributed by atoms with E-state index in [0.29, 0.717) is 29.9 Å². The zero-order valence-corrected chi connectivity index (χ0v) is 17.6. The maximum Gasteiger partial charge on any atom is 0.271 e. The lowest BCUT2D eigenvalue weighted by atomic mass is 10.3. The van der Waals surface area contributed by atoms with Crippen LogP contribution < -0.4 is 4.80 Å². The molecule has 0 fully saturated rings. The molecule has 0 bridgehead atoms. The summed E-state index contributed by atoms with van der Waals surface area (Å²) >= 11 is 3.07. The van der Waals surface area contributed by atoms with Gasteiger partial charge in [-0.3, -0.25) is 14.9 Å². The van der Waals surface area contributed by atoms with E-state index in [1.54, 1.807) is 24.9 Å². The number of non-ortho nitro benzene ring substituents is 1. The normalized spacial score (nSPS) is 11.8. The quantitative estimate of drug-likeness (QED) is 0.219. The van der Waals surface area contributed by atoms with Crippen molar-refractivity contribution in [2.24, 2.45) is 4.99 Å². The number of methoxy groups -OCH3 is 1. The molecule has 0 aliphatic carbocycles. The molecule has 0 N–H and O–H groups in total. The number of rotatable bonds is 9. The Bertz CT molecular complexity index is 1060. The van der Waals surface area contributed by atoms with E-state index in [1.807, 2.05) is 34.9 Å². The summed E-state index contributed by atoms with van der Waals surface area (Å²) in [5.41, 5.74) is 0.699. The maximum atomic E-state index is 12.4. The van der Waals surface area contributed by atoms with Gasteiger partial charge < -0.3 is 9.30 Å². The third kappa shape index (κ3) is 5.75. The number of carbonyl (C=O) groups is 1. The Hall–Kier alpha value is -2.49. The average molecular weight is 432 g/mol. The Morgan fingerprint density at radius 3 is 2.79 bits per heavy atom. The summed E-state index contributed by atoms with van der Waals surface area (Å²) in [6.45, 7) is 0.886. The van der Waals surface area contributed by atoms with E-state index in [-0.39, 0.29) is 11.6 Å². The molecule has 3 rings (SSSR count). The van der Waals surface area contributed by atoms with E-state index in [1.165, 1.54) is 28.4 Å². The van der Waals surface area contributed by atoms with Gasteiger partial charge in [0, 0.05) is 37.1 Å². The molecular weight excluding hydrogens is 410 g/mol.